The van der Waals surface area contributed by atoms with Crippen LogP contribution in [0.4, 0.5) is 0 Å². The summed E-state index contributed by atoms with van der Waals surface area (Å²) < 4.78 is 5.54. The number of nitrogens with one attached hydrogen (secondary N) is 2. The largest absolute Gasteiger partial charge is 0.494 e. The highest BCUT2D eigenvalue weighted by Gasteiger charge is 2.10. The lowest BCUT2D eigenvalue weighted by Gasteiger charge is -2.11. The van der Waals surface area contributed by atoms with Crippen molar-refractivity contribution in [3.8, 4) is 5.75 Å². The van der Waals surface area contributed by atoms with Crippen molar-refractivity contribution in [3.05, 3.63) is 65.2 Å². The van der Waals surface area contributed by atoms with Gasteiger partial charge in [-0.1, -0.05) is 36.4 Å². The van der Waals surface area contributed by atoms with Crippen LogP contribution in [0.2, 0.25) is 0 Å². The summed E-state index contributed by atoms with van der Waals surface area (Å²) in [7, 11) is 0. The van der Waals surface area contributed by atoms with Gasteiger partial charge in [0.25, 0.3) is 5.91 Å². The third-order valence-corrected chi connectivity index (χ3v) is 3.60. The number of hydrazine groups is 1. The number of rotatable bonds is 6. The van der Waals surface area contributed by atoms with Crippen LogP contribution in [0, 0.1) is 6.92 Å². The maximum atomic E-state index is 12.0. The highest BCUT2D eigenvalue weighted by molar-refractivity contribution is 5.96. The van der Waals surface area contributed by atoms with Crippen molar-refractivity contribution in [2.75, 3.05) is 6.61 Å². The van der Waals surface area contributed by atoms with Gasteiger partial charge >= 0.3 is 0 Å². The molecule has 2 N–H and O–H groups in total. The third kappa shape index (κ3) is 4.84. The first-order valence-corrected chi connectivity index (χ1v) is 7.97. The second kappa shape index (κ2) is 8.72. The van der Waals surface area contributed by atoms with Crippen molar-refractivity contribution in [2.45, 2.75) is 26.7 Å². The van der Waals surface area contributed by atoms with Gasteiger partial charge in [0.15, 0.2) is 0 Å². The summed E-state index contributed by atoms with van der Waals surface area (Å²) in [6.07, 6.45) is 0.806. The molecule has 0 unspecified atom stereocenters. The third-order valence-electron chi connectivity index (χ3n) is 3.60. The van der Waals surface area contributed by atoms with Crippen LogP contribution in [0.1, 0.15) is 34.8 Å². The minimum atomic E-state index is -0.323. The van der Waals surface area contributed by atoms with Crippen molar-refractivity contribution < 1.29 is 14.3 Å². The number of carbonyl (C=O) groups excluding carboxylic acids is 2. The highest BCUT2D eigenvalue weighted by Crippen LogP contribution is 2.19. The molecule has 0 heterocycles. The van der Waals surface area contributed by atoms with E-state index in [9.17, 15) is 9.59 Å². The number of ether oxygens (including phenoxy) is 1. The number of carbonyl (C=O) groups is 2. The summed E-state index contributed by atoms with van der Waals surface area (Å²) in [6.45, 7) is 4.35. The van der Waals surface area contributed by atoms with Crippen LogP contribution < -0.4 is 15.6 Å². The SMILES string of the molecule is CCOc1ccccc1CCC(=O)NNC(=O)c1ccccc1C. The molecule has 0 aromatic heterocycles. The molecule has 2 aromatic carbocycles. The van der Waals surface area contributed by atoms with Crippen molar-refractivity contribution >= 4 is 11.8 Å². The first-order valence-electron chi connectivity index (χ1n) is 7.97. The molecule has 2 amide bonds. The van der Waals surface area contributed by atoms with E-state index < -0.39 is 0 Å². The van der Waals surface area contributed by atoms with Gasteiger partial charge in [-0.05, 0) is 43.5 Å². The van der Waals surface area contributed by atoms with E-state index in [-0.39, 0.29) is 18.2 Å². The molecular formula is C19H22N2O3. The van der Waals surface area contributed by atoms with Crippen LogP contribution in [0.25, 0.3) is 0 Å². The lowest BCUT2D eigenvalue weighted by molar-refractivity contribution is -0.121. The molecule has 0 aliphatic rings. The molecule has 5 heteroatoms. The minimum absolute atomic E-state index is 0.247. The Morgan fingerprint density at radius 2 is 1.71 bits per heavy atom. The molecule has 0 saturated heterocycles. The molecule has 126 valence electrons. The zero-order valence-electron chi connectivity index (χ0n) is 14.0. The lowest BCUT2D eigenvalue weighted by atomic mass is 10.1. The Labute approximate surface area is 142 Å². The molecule has 0 atom stereocenters. The molecule has 0 aliphatic carbocycles. The Kier molecular flexibility index (Phi) is 6.37. The van der Waals surface area contributed by atoms with Gasteiger partial charge in [-0.2, -0.15) is 0 Å². The number of hydrogen-bond acceptors (Lipinski definition) is 3. The first-order chi connectivity index (χ1) is 11.6. The maximum absolute atomic E-state index is 12.0. The standard InChI is InChI=1S/C19H22N2O3/c1-3-24-17-11-7-5-9-15(17)12-13-18(22)20-21-19(23)16-10-6-4-8-14(16)2/h4-11H,3,12-13H2,1-2H3,(H,20,22)(H,21,23). The topological polar surface area (TPSA) is 67.4 Å². The van der Waals surface area contributed by atoms with E-state index in [2.05, 4.69) is 10.9 Å². The van der Waals surface area contributed by atoms with E-state index in [1.54, 1.807) is 12.1 Å². The van der Waals surface area contributed by atoms with Crippen molar-refractivity contribution in [3.63, 3.8) is 0 Å². The monoisotopic (exact) mass is 326 g/mol. The van der Waals surface area contributed by atoms with Crippen molar-refractivity contribution in [2.24, 2.45) is 0 Å². The summed E-state index contributed by atoms with van der Waals surface area (Å²) in [5, 5.41) is 0. The number of hydrogen-bond donors (Lipinski definition) is 2. The summed E-state index contributed by atoms with van der Waals surface area (Å²) in [5.74, 6) is 0.219. The number of aryl methyl sites for hydroxylation is 2. The predicted octanol–water partition coefficient (Wildman–Crippen LogP) is 2.79. The zero-order valence-corrected chi connectivity index (χ0v) is 14.0. The zero-order chi connectivity index (χ0) is 17.4. The maximum Gasteiger partial charge on any atom is 0.269 e. The Morgan fingerprint density at radius 3 is 2.46 bits per heavy atom. The summed E-state index contributed by atoms with van der Waals surface area (Å²) in [4.78, 5) is 24.0. The van der Waals surface area contributed by atoms with E-state index in [0.29, 0.717) is 18.6 Å². The van der Waals surface area contributed by atoms with Gasteiger partial charge in [-0.15, -0.1) is 0 Å². The van der Waals surface area contributed by atoms with Gasteiger partial charge in [0, 0.05) is 12.0 Å². The average molecular weight is 326 g/mol. The average Bonchev–Trinajstić information content (AvgIpc) is 2.59. The normalized spacial score (nSPS) is 10.1. The molecule has 0 radical (unpaired) electrons. The van der Waals surface area contributed by atoms with Crippen LogP contribution in [0.5, 0.6) is 5.75 Å². The van der Waals surface area contributed by atoms with Crippen LogP contribution in [0.3, 0.4) is 0 Å². The lowest BCUT2D eigenvalue weighted by Crippen LogP contribution is -2.41. The first kappa shape index (κ1) is 17.5. The van der Waals surface area contributed by atoms with E-state index in [4.69, 9.17) is 4.74 Å². The second-order valence-electron chi connectivity index (χ2n) is 5.36. The molecule has 24 heavy (non-hydrogen) atoms. The highest BCUT2D eigenvalue weighted by atomic mass is 16.5. The Hall–Kier alpha value is -2.82. The molecule has 0 bridgehead atoms. The molecule has 0 aliphatic heterocycles. The molecule has 2 rings (SSSR count). The van der Waals surface area contributed by atoms with Gasteiger partial charge in [-0.3, -0.25) is 20.4 Å². The summed E-state index contributed by atoms with van der Waals surface area (Å²) >= 11 is 0. The fourth-order valence-electron chi connectivity index (χ4n) is 2.34. The quantitative estimate of drug-likeness (QED) is 0.802. The van der Waals surface area contributed by atoms with E-state index >= 15 is 0 Å². The van der Waals surface area contributed by atoms with Gasteiger partial charge in [-0.25, -0.2) is 0 Å². The molecular weight excluding hydrogens is 304 g/mol. The molecule has 5 nitrogen and oxygen atoms in total. The Morgan fingerprint density at radius 1 is 1.00 bits per heavy atom. The van der Waals surface area contributed by atoms with E-state index in [1.165, 1.54) is 0 Å². The van der Waals surface area contributed by atoms with Crippen LogP contribution in [-0.2, 0) is 11.2 Å². The van der Waals surface area contributed by atoms with Crippen LogP contribution in [0.15, 0.2) is 48.5 Å². The van der Waals surface area contributed by atoms with Crippen LogP contribution in [-0.4, -0.2) is 18.4 Å². The number of benzene rings is 2. The number of amides is 2. The fraction of sp³-hybridized carbons (Fsp3) is 0.263. The van der Waals surface area contributed by atoms with E-state index in [1.807, 2.05) is 50.2 Å². The molecule has 0 saturated carbocycles. The van der Waals surface area contributed by atoms with Gasteiger partial charge < -0.3 is 4.74 Å². The summed E-state index contributed by atoms with van der Waals surface area (Å²) in [5.41, 5.74) is 7.27. The van der Waals surface area contributed by atoms with Crippen molar-refractivity contribution in [1.82, 2.24) is 10.9 Å². The summed E-state index contributed by atoms with van der Waals surface area (Å²) in [6, 6.07) is 14.8. The van der Waals surface area contributed by atoms with Crippen molar-refractivity contribution in [1.29, 1.82) is 0 Å². The smallest absolute Gasteiger partial charge is 0.269 e. The Balaban J connectivity index is 1.84. The predicted molar refractivity (Wildman–Crippen MR) is 92.7 cm³/mol. The molecule has 2 aromatic rings. The molecule has 0 spiro atoms. The fourth-order valence-corrected chi connectivity index (χ4v) is 2.34. The van der Waals surface area contributed by atoms with Gasteiger partial charge in [0.1, 0.15) is 5.75 Å². The van der Waals surface area contributed by atoms with Gasteiger partial charge in [0.05, 0.1) is 6.61 Å². The number of para-hydroxylation sites is 1. The van der Waals surface area contributed by atoms with Gasteiger partial charge in [0.2, 0.25) is 5.91 Å². The second-order valence-corrected chi connectivity index (χ2v) is 5.36. The van der Waals surface area contributed by atoms with Crippen LogP contribution >= 0.6 is 0 Å². The minimum Gasteiger partial charge on any atom is -0.494 e. The Bertz CT molecular complexity index is 713. The molecule has 0 fully saturated rings. The van der Waals surface area contributed by atoms with E-state index in [0.717, 1.165) is 16.9 Å².